The van der Waals surface area contributed by atoms with Crippen LogP contribution in [0.25, 0.3) is 0 Å². The van der Waals surface area contributed by atoms with E-state index in [2.05, 4.69) is 10.2 Å². The highest BCUT2D eigenvalue weighted by Crippen LogP contribution is 2.27. The summed E-state index contributed by atoms with van der Waals surface area (Å²) in [5.41, 5.74) is 1.07. The summed E-state index contributed by atoms with van der Waals surface area (Å²) >= 11 is 13.8. The Morgan fingerprint density at radius 2 is 1.71 bits per heavy atom. The maximum atomic E-state index is 6.18. The topological polar surface area (TPSA) is 39.9 Å². The molecule has 2 aromatic carbocycles. The van der Waals surface area contributed by atoms with E-state index in [0.29, 0.717) is 17.4 Å². The van der Waals surface area contributed by atoms with Crippen LogP contribution in [-0.2, 0) is 19.4 Å². The number of rotatable bonds is 6. The number of hydrogen-bond acceptors (Lipinski definition) is 4. The van der Waals surface area contributed by atoms with E-state index in [0.717, 1.165) is 27.3 Å². The van der Waals surface area contributed by atoms with Crippen LogP contribution in [0, 0.1) is 0 Å². The molecule has 0 amide bonds. The van der Waals surface area contributed by atoms with Crippen molar-refractivity contribution in [3.05, 3.63) is 70.0 Å². The van der Waals surface area contributed by atoms with Gasteiger partial charge < -0.3 is 9.30 Å². The van der Waals surface area contributed by atoms with E-state index in [-0.39, 0.29) is 0 Å². The standard InChI is InChI=1S/C17H15Cl2N3OS/c1-22-16(10-23-15-9-5-4-8-14(15)19)20-21-17(22)24-11-12-6-2-3-7-13(12)18/h2-9H,10-11H2,1H3. The molecular formula is C17H15Cl2N3OS. The molecule has 0 bridgehead atoms. The molecule has 0 spiro atoms. The van der Waals surface area contributed by atoms with Gasteiger partial charge in [-0.05, 0) is 23.8 Å². The van der Waals surface area contributed by atoms with E-state index in [9.17, 15) is 0 Å². The predicted octanol–water partition coefficient (Wildman–Crippen LogP) is 4.99. The molecule has 24 heavy (non-hydrogen) atoms. The van der Waals surface area contributed by atoms with Crippen molar-refractivity contribution in [1.29, 1.82) is 0 Å². The molecule has 124 valence electrons. The largest absolute Gasteiger partial charge is 0.484 e. The van der Waals surface area contributed by atoms with Crippen molar-refractivity contribution in [3.63, 3.8) is 0 Å². The lowest BCUT2D eigenvalue weighted by atomic mass is 10.2. The van der Waals surface area contributed by atoms with Gasteiger partial charge in [-0.1, -0.05) is 65.3 Å². The van der Waals surface area contributed by atoms with Gasteiger partial charge in [-0.25, -0.2) is 0 Å². The van der Waals surface area contributed by atoms with E-state index < -0.39 is 0 Å². The maximum absolute atomic E-state index is 6.18. The highest BCUT2D eigenvalue weighted by molar-refractivity contribution is 7.98. The minimum Gasteiger partial charge on any atom is -0.484 e. The minimum absolute atomic E-state index is 0.305. The van der Waals surface area contributed by atoms with Gasteiger partial charge in [0.05, 0.1) is 5.02 Å². The Balaban J connectivity index is 1.63. The number of thioether (sulfide) groups is 1. The van der Waals surface area contributed by atoms with Gasteiger partial charge in [0.1, 0.15) is 12.4 Å². The van der Waals surface area contributed by atoms with Gasteiger partial charge in [0.15, 0.2) is 11.0 Å². The molecule has 0 aliphatic heterocycles. The van der Waals surface area contributed by atoms with Gasteiger partial charge in [0.2, 0.25) is 0 Å². The second-order valence-corrected chi connectivity index (χ2v) is 6.81. The van der Waals surface area contributed by atoms with E-state index >= 15 is 0 Å². The molecule has 3 aromatic rings. The average Bonchev–Trinajstić information content (AvgIpc) is 2.94. The molecule has 7 heteroatoms. The fourth-order valence-corrected chi connectivity index (χ4v) is 3.46. The van der Waals surface area contributed by atoms with E-state index in [4.69, 9.17) is 27.9 Å². The summed E-state index contributed by atoms with van der Waals surface area (Å²) in [5, 5.41) is 10.5. The molecule has 1 aromatic heterocycles. The van der Waals surface area contributed by atoms with Gasteiger partial charge in [-0.3, -0.25) is 0 Å². The Morgan fingerprint density at radius 3 is 2.46 bits per heavy atom. The van der Waals surface area contributed by atoms with Gasteiger partial charge in [-0.15, -0.1) is 10.2 Å². The van der Waals surface area contributed by atoms with Crippen LogP contribution in [0.5, 0.6) is 5.75 Å². The van der Waals surface area contributed by atoms with Crippen molar-refractivity contribution < 1.29 is 4.74 Å². The normalized spacial score (nSPS) is 10.8. The molecule has 0 aliphatic rings. The first-order chi connectivity index (χ1) is 11.6. The van der Waals surface area contributed by atoms with Crippen LogP contribution in [-0.4, -0.2) is 14.8 Å². The molecule has 4 nitrogen and oxygen atoms in total. The Bertz CT molecular complexity index is 771. The highest BCUT2D eigenvalue weighted by Gasteiger charge is 2.11. The number of nitrogens with zero attached hydrogens (tertiary/aromatic N) is 3. The average molecular weight is 380 g/mol. The number of ether oxygens (including phenoxy) is 1. The van der Waals surface area contributed by atoms with Crippen molar-refractivity contribution in [3.8, 4) is 5.75 Å². The van der Waals surface area contributed by atoms with Crippen molar-refractivity contribution in [2.75, 3.05) is 0 Å². The Labute approximate surface area is 154 Å². The van der Waals surface area contributed by atoms with E-state index in [1.807, 2.05) is 54.1 Å². The summed E-state index contributed by atoms with van der Waals surface area (Å²) in [7, 11) is 1.92. The zero-order chi connectivity index (χ0) is 16.9. The van der Waals surface area contributed by atoms with Gasteiger partial charge in [-0.2, -0.15) is 0 Å². The molecule has 0 atom stereocenters. The first kappa shape index (κ1) is 17.1. The molecule has 0 saturated heterocycles. The fraction of sp³-hybridized carbons (Fsp3) is 0.176. The molecule has 1 heterocycles. The van der Waals surface area contributed by atoms with Crippen molar-refractivity contribution in [2.24, 2.45) is 7.05 Å². The van der Waals surface area contributed by atoms with Crippen LogP contribution in [0.1, 0.15) is 11.4 Å². The van der Waals surface area contributed by atoms with Gasteiger partial charge in [0, 0.05) is 17.8 Å². The lowest BCUT2D eigenvalue weighted by Crippen LogP contribution is -2.04. The van der Waals surface area contributed by atoms with E-state index in [1.165, 1.54) is 0 Å². The Morgan fingerprint density at radius 1 is 1.00 bits per heavy atom. The summed E-state index contributed by atoms with van der Waals surface area (Å²) in [5.74, 6) is 2.10. The number of aromatic nitrogens is 3. The summed E-state index contributed by atoms with van der Waals surface area (Å²) < 4.78 is 7.63. The SMILES string of the molecule is Cn1c(COc2ccccc2Cl)nnc1SCc1ccccc1Cl. The molecule has 0 unspecified atom stereocenters. The number of para-hydroxylation sites is 1. The summed E-state index contributed by atoms with van der Waals surface area (Å²) in [6, 6.07) is 15.1. The zero-order valence-corrected chi connectivity index (χ0v) is 15.3. The maximum Gasteiger partial charge on any atom is 0.191 e. The highest BCUT2D eigenvalue weighted by atomic mass is 35.5. The third-order valence-corrected chi connectivity index (χ3v) is 5.18. The van der Waals surface area contributed by atoms with Gasteiger partial charge in [0.25, 0.3) is 0 Å². The number of halogens is 2. The molecule has 0 N–H and O–H groups in total. The monoisotopic (exact) mass is 379 g/mol. The van der Waals surface area contributed by atoms with Crippen LogP contribution in [0.2, 0.25) is 10.0 Å². The Kier molecular flexibility index (Phi) is 5.66. The van der Waals surface area contributed by atoms with Crippen molar-refractivity contribution in [1.82, 2.24) is 14.8 Å². The molecular weight excluding hydrogens is 365 g/mol. The second kappa shape index (κ2) is 7.92. The number of benzene rings is 2. The third-order valence-electron chi connectivity index (χ3n) is 3.43. The quantitative estimate of drug-likeness (QED) is 0.565. The van der Waals surface area contributed by atoms with Gasteiger partial charge >= 0.3 is 0 Å². The predicted molar refractivity (Wildman–Crippen MR) is 97.8 cm³/mol. The second-order valence-electron chi connectivity index (χ2n) is 5.06. The Hall–Kier alpha value is -1.69. The molecule has 0 aliphatic carbocycles. The molecule has 3 rings (SSSR count). The minimum atomic E-state index is 0.305. The van der Waals surface area contributed by atoms with E-state index in [1.54, 1.807) is 17.8 Å². The number of hydrogen-bond donors (Lipinski definition) is 0. The van der Waals surface area contributed by atoms with Crippen LogP contribution in [0.4, 0.5) is 0 Å². The first-order valence-corrected chi connectivity index (χ1v) is 9.01. The lowest BCUT2D eigenvalue weighted by molar-refractivity contribution is 0.290. The molecule has 0 radical (unpaired) electrons. The van der Waals surface area contributed by atoms with Crippen LogP contribution >= 0.6 is 35.0 Å². The van der Waals surface area contributed by atoms with Crippen molar-refractivity contribution in [2.45, 2.75) is 17.5 Å². The zero-order valence-electron chi connectivity index (χ0n) is 12.9. The third kappa shape index (κ3) is 4.04. The summed E-state index contributed by atoms with van der Waals surface area (Å²) in [6.45, 7) is 0.305. The van der Waals surface area contributed by atoms with Crippen LogP contribution in [0.15, 0.2) is 53.7 Å². The molecule has 0 saturated carbocycles. The first-order valence-electron chi connectivity index (χ1n) is 7.27. The van der Waals surface area contributed by atoms with Crippen LogP contribution < -0.4 is 4.74 Å². The fourth-order valence-electron chi connectivity index (χ4n) is 2.06. The summed E-state index contributed by atoms with van der Waals surface area (Å²) in [6.07, 6.45) is 0. The molecule has 0 fully saturated rings. The lowest BCUT2D eigenvalue weighted by Gasteiger charge is -2.08. The van der Waals surface area contributed by atoms with Crippen LogP contribution in [0.3, 0.4) is 0 Å². The smallest absolute Gasteiger partial charge is 0.191 e. The van der Waals surface area contributed by atoms with Crippen molar-refractivity contribution >= 4 is 35.0 Å². The summed E-state index contributed by atoms with van der Waals surface area (Å²) in [4.78, 5) is 0.